The van der Waals surface area contributed by atoms with Crippen molar-refractivity contribution in [2.45, 2.75) is 52.4 Å². The Hall–Kier alpha value is -6.24. The van der Waals surface area contributed by atoms with Gasteiger partial charge in [-0.25, -0.2) is 0 Å². The van der Waals surface area contributed by atoms with E-state index in [0.29, 0.717) is 0 Å². The van der Waals surface area contributed by atoms with E-state index in [1.807, 2.05) is 13.8 Å². The zero-order valence-electron chi connectivity index (χ0n) is 33.2. The van der Waals surface area contributed by atoms with Crippen LogP contribution in [0.1, 0.15) is 63.8 Å². The van der Waals surface area contributed by atoms with Gasteiger partial charge in [-0.2, -0.15) is 0 Å². The highest BCUT2D eigenvalue weighted by Crippen LogP contribution is 2.64. The zero-order valence-corrected chi connectivity index (χ0v) is 33.2. The van der Waals surface area contributed by atoms with Gasteiger partial charge in [-0.1, -0.05) is 187 Å². The monoisotopic (exact) mass is 718 g/mol. The first-order chi connectivity index (χ1) is 27.3. The minimum atomic E-state index is -0.274. The molecule has 9 aromatic rings. The Morgan fingerprint density at radius 3 is 1.21 bits per heavy atom. The van der Waals surface area contributed by atoms with Crippen molar-refractivity contribution in [3.8, 4) is 55.6 Å². The van der Waals surface area contributed by atoms with E-state index in [-0.39, 0.29) is 10.8 Å². The molecule has 0 radical (unpaired) electrons. The molecule has 0 saturated heterocycles. The molecule has 0 aromatic heterocycles. The molecule has 0 amide bonds. The van der Waals surface area contributed by atoms with Crippen LogP contribution < -0.4 is 0 Å². The molecule has 0 bridgehead atoms. The molecule has 0 saturated carbocycles. The van der Waals surface area contributed by atoms with Crippen LogP contribution in [0.2, 0.25) is 0 Å². The lowest BCUT2D eigenvalue weighted by atomic mass is 9.70. The van der Waals surface area contributed by atoms with Crippen molar-refractivity contribution in [1.82, 2.24) is 0 Å². The summed E-state index contributed by atoms with van der Waals surface area (Å²) in [7, 11) is 0. The quantitative estimate of drug-likeness (QED) is 0.171. The fraction of sp³-hybridized carbons (Fsp3) is 0.143. The molecule has 270 valence electrons. The van der Waals surface area contributed by atoms with E-state index < -0.39 is 0 Å². The summed E-state index contributed by atoms with van der Waals surface area (Å²) in [5.41, 5.74) is 18.5. The number of benzene rings is 9. The Kier molecular flexibility index (Phi) is 7.74. The second kappa shape index (κ2) is 12.7. The number of rotatable bonds is 3. The molecule has 0 heterocycles. The summed E-state index contributed by atoms with van der Waals surface area (Å²) in [5.74, 6) is 0. The summed E-state index contributed by atoms with van der Waals surface area (Å²) in [4.78, 5) is 0. The Labute approximate surface area is 331 Å². The molecule has 0 fully saturated rings. The van der Waals surface area contributed by atoms with Crippen LogP contribution in [-0.4, -0.2) is 0 Å². The van der Waals surface area contributed by atoms with Crippen LogP contribution in [-0.2, 0) is 10.8 Å². The van der Waals surface area contributed by atoms with Crippen LogP contribution in [0.3, 0.4) is 0 Å². The van der Waals surface area contributed by atoms with E-state index >= 15 is 0 Å². The first kappa shape index (κ1) is 34.3. The van der Waals surface area contributed by atoms with Crippen LogP contribution in [0.5, 0.6) is 0 Å². The highest BCUT2D eigenvalue weighted by molar-refractivity contribution is 6.10. The summed E-state index contributed by atoms with van der Waals surface area (Å²) < 4.78 is 0. The van der Waals surface area contributed by atoms with Gasteiger partial charge in [0.05, 0.1) is 0 Å². The Balaban J connectivity index is 0.00000189. The van der Waals surface area contributed by atoms with Gasteiger partial charge >= 0.3 is 0 Å². The van der Waals surface area contributed by atoms with Gasteiger partial charge in [0.2, 0.25) is 0 Å². The number of hydrogen-bond donors (Lipinski definition) is 0. The number of fused-ring (bicyclic) bond motifs is 9. The number of hydrogen-bond acceptors (Lipinski definition) is 0. The van der Waals surface area contributed by atoms with E-state index in [4.69, 9.17) is 0 Å². The van der Waals surface area contributed by atoms with Crippen molar-refractivity contribution in [2.75, 3.05) is 0 Å². The molecule has 56 heavy (non-hydrogen) atoms. The van der Waals surface area contributed by atoms with E-state index in [9.17, 15) is 0 Å². The molecule has 0 heteroatoms. The smallest absolute Gasteiger partial charge is 0.0165 e. The van der Waals surface area contributed by atoms with E-state index in [1.54, 1.807) is 0 Å². The molecule has 9 aromatic carbocycles. The summed E-state index contributed by atoms with van der Waals surface area (Å²) in [5, 5.41) is 7.62. The lowest BCUT2D eigenvalue weighted by Crippen LogP contribution is -2.21. The lowest BCUT2D eigenvalue weighted by Gasteiger charge is -2.32. The minimum Gasteiger partial charge on any atom is -0.0683 e. The van der Waals surface area contributed by atoms with Crippen molar-refractivity contribution in [2.24, 2.45) is 0 Å². The highest BCUT2D eigenvalue weighted by atomic mass is 14.5. The zero-order chi connectivity index (χ0) is 38.3. The Morgan fingerprint density at radius 2 is 0.661 bits per heavy atom. The summed E-state index contributed by atoms with van der Waals surface area (Å²) >= 11 is 0. The van der Waals surface area contributed by atoms with Gasteiger partial charge in [-0.15, -0.1) is 0 Å². The lowest BCUT2D eigenvalue weighted by molar-refractivity contribution is 0.643. The molecule has 2 aliphatic rings. The first-order valence-corrected chi connectivity index (χ1v) is 20.3. The fourth-order valence-electron chi connectivity index (χ4n) is 10.1. The summed E-state index contributed by atoms with van der Waals surface area (Å²) in [6, 6.07) is 63.9. The van der Waals surface area contributed by atoms with Crippen molar-refractivity contribution in [3.05, 3.63) is 192 Å². The van der Waals surface area contributed by atoms with Gasteiger partial charge < -0.3 is 0 Å². The second-order valence-electron chi connectivity index (χ2n) is 16.5. The van der Waals surface area contributed by atoms with Crippen LogP contribution >= 0.6 is 0 Å². The van der Waals surface area contributed by atoms with Gasteiger partial charge in [-0.05, 0) is 134 Å². The van der Waals surface area contributed by atoms with E-state index in [2.05, 4.69) is 198 Å². The molecule has 0 spiro atoms. The van der Waals surface area contributed by atoms with Gasteiger partial charge in [0.15, 0.2) is 0 Å². The summed E-state index contributed by atoms with van der Waals surface area (Å²) in [6.45, 7) is 13.8. The van der Waals surface area contributed by atoms with Gasteiger partial charge in [0, 0.05) is 10.8 Å². The molecule has 11 rings (SSSR count). The van der Waals surface area contributed by atoms with Crippen molar-refractivity contribution >= 4 is 32.3 Å². The average Bonchev–Trinajstić information content (AvgIpc) is 3.62. The largest absolute Gasteiger partial charge is 0.0683 e. The summed E-state index contributed by atoms with van der Waals surface area (Å²) in [6.07, 6.45) is 0. The minimum absolute atomic E-state index is 0.214. The Bertz CT molecular complexity index is 3040. The van der Waals surface area contributed by atoms with Gasteiger partial charge in [0.1, 0.15) is 0 Å². The van der Waals surface area contributed by atoms with Crippen LogP contribution in [0.4, 0.5) is 0 Å². The molecular weight excluding hydrogens is 673 g/mol. The van der Waals surface area contributed by atoms with E-state index in [0.717, 1.165) is 0 Å². The van der Waals surface area contributed by atoms with Gasteiger partial charge in [-0.3, -0.25) is 0 Å². The molecule has 2 aliphatic carbocycles. The third-order valence-electron chi connectivity index (χ3n) is 12.7. The standard InChI is InChI=1S/C54H40.C2H6/c1-53(2)45-20-12-11-19-43(45)49-47(41-25-22-34-14-6-9-17-37(34)30-41)50-44-28-27-40(39-24-21-33-13-5-8-16-36(33)29-39)32-46(44)54(3,4)52(50)48(51(49)53)42-26-23-35-15-7-10-18-38(35)31-42;1-2/h5-32H,1-4H3;1-2H3. The molecule has 0 nitrogen and oxygen atoms in total. The SMILES string of the molecule is CC.CC1(C)c2ccccc2-c2c(-c3ccc4ccccc4c3)c3c(c(-c4ccc5ccccc5c4)c21)C(C)(C)c1cc(-c2ccc4ccccc4c2)ccc1-3. The predicted octanol–water partition coefficient (Wildman–Crippen LogP) is 15.8. The third kappa shape index (κ3) is 4.92. The highest BCUT2D eigenvalue weighted by Gasteiger charge is 2.47. The molecule has 0 N–H and O–H groups in total. The second-order valence-corrected chi connectivity index (χ2v) is 16.5. The van der Waals surface area contributed by atoms with Crippen LogP contribution in [0.15, 0.2) is 170 Å². The first-order valence-electron chi connectivity index (χ1n) is 20.3. The molecule has 0 atom stereocenters. The maximum Gasteiger partial charge on any atom is 0.0165 e. The topological polar surface area (TPSA) is 0 Å². The van der Waals surface area contributed by atoms with Crippen molar-refractivity contribution in [3.63, 3.8) is 0 Å². The maximum atomic E-state index is 2.50. The third-order valence-corrected chi connectivity index (χ3v) is 12.7. The molecule has 0 aliphatic heterocycles. The maximum absolute atomic E-state index is 2.50. The molecule has 0 unspecified atom stereocenters. The molecular formula is C56H46. The predicted molar refractivity (Wildman–Crippen MR) is 242 cm³/mol. The van der Waals surface area contributed by atoms with E-state index in [1.165, 1.54) is 110 Å². The normalized spacial score (nSPS) is 14.2. The average molecular weight is 719 g/mol. The van der Waals surface area contributed by atoms with Crippen LogP contribution in [0, 0.1) is 0 Å². The van der Waals surface area contributed by atoms with Crippen LogP contribution in [0.25, 0.3) is 88.0 Å². The van der Waals surface area contributed by atoms with Gasteiger partial charge in [0.25, 0.3) is 0 Å². The fourth-order valence-corrected chi connectivity index (χ4v) is 10.1. The van der Waals surface area contributed by atoms with Crippen molar-refractivity contribution < 1.29 is 0 Å². The van der Waals surface area contributed by atoms with Crippen molar-refractivity contribution in [1.29, 1.82) is 0 Å². The Morgan fingerprint density at radius 1 is 0.286 bits per heavy atom.